The molecule has 1 amide bonds. The molecular weight excluding hydrogens is 440 g/mol. The summed E-state index contributed by atoms with van der Waals surface area (Å²) in [6, 6.07) is 5.65. The third-order valence-corrected chi connectivity index (χ3v) is 8.96. The van der Waals surface area contributed by atoms with Gasteiger partial charge in [0.25, 0.3) is 0 Å². The number of nitrogens with zero attached hydrogens (tertiary/aromatic N) is 3. The van der Waals surface area contributed by atoms with Gasteiger partial charge in [-0.1, -0.05) is 6.07 Å². The number of aromatic nitrogens is 2. The highest BCUT2D eigenvalue weighted by Crippen LogP contribution is 2.59. The van der Waals surface area contributed by atoms with E-state index >= 15 is 0 Å². The number of fused-ring (bicyclic) bond motifs is 1. The second kappa shape index (κ2) is 8.99. The smallest absolute Gasteiger partial charge is 0.227 e. The number of rotatable bonds is 7. The summed E-state index contributed by atoms with van der Waals surface area (Å²) in [5, 5.41) is 3.76. The van der Waals surface area contributed by atoms with E-state index in [9.17, 15) is 4.79 Å². The van der Waals surface area contributed by atoms with Crippen molar-refractivity contribution in [1.29, 1.82) is 0 Å². The molecule has 0 radical (unpaired) electrons. The molecule has 186 valence electrons. The van der Waals surface area contributed by atoms with E-state index in [2.05, 4.69) is 15.3 Å². The van der Waals surface area contributed by atoms with Crippen LogP contribution in [0, 0.1) is 23.2 Å². The molecule has 1 aliphatic heterocycles. The zero-order valence-corrected chi connectivity index (χ0v) is 20.9. The highest BCUT2D eigenvalue weighted by atomic mass is 16.5. The lowest BCUT2D eigenvalue weighted by Gasteiger charge is -2.57. The topological polar surface area (TPSA) is 76.6 Å². The molecule has 7 heteroatoms. The number of methoxy groups -OCH3 is 2. The van der Waals surface area contributed by atoms with Crippen LogP contribution in [0.2, 0.25) is 0 Å². The second-order valence-electron chi connectivity index (χ2n) is 11.4. The number of benzene rings is 1. The first-order chi connectivity index (χ1) is 17.0. The highest BCUT2D eigenvalue weighted by Gasteiger charge is 2.50. The van der Waals surface area contributed by atoms with Gasteiger partial charge in [0.1, 0.15) is 12.1 Å². The van der Waals surface area contributed by atoms with E-state index in [-0.39, 0.29) is 5.91 Å². The van der Waals surface area contributed by atoms with Crippen LogP contribution >= 0.6 is 0 Å². The summed E-state index contributed by atoms with van der Waals surface area (Å²) < 4.78 is 10.7. The molecule has 1 N–H and O–H groups in total. The summed E-state index contributed by atoms with van der Waals surface area (Å²) in [7, 11) is 3.22. The maximum Gasteiger partial charge on any atom is 0.227 e. The number of anilines is 1. The van der Waals surface area contributed by atoms with E-state index in [0.717, 1.165) is 47.8 Å². The molecule has 0 saturated heterocycles. The Labute approximate surface area is 207 Å². The summed E-state index contributed by atoms with van der Waals surface area (Å²) >= 11 is 0. The number of ether oxygens (including phenoxy) is 2. The minimum atomic E-state index is 0.101. The van der Waals surface area contributed by atoms with Crippen molar-refractivity contribution in [2.24, 2.45) is 23.2 Å². The van der Waals surface area contributed by atoms with Gasteiger partial charge < -0.3 is 19.7 Å². The van der Waals surface area contributed by atoms with E-state index < -0.39 is 0 Å². The molecule has 7 rings (SSSR count). The standard InChI is InChI=1S/C28H36N4O3/c1-34-24-4-3-18(10-25(24)35-2)11-26(33)32-6-5-22-23(15-32)30-17-31-27(22)29-16-28-12-19-7-20(13-28)9-21(8-19)14-28/h3-4,10,17,19-21H,5-9,11-16H2,1-2H3,(H,29,30,31). The Kier molecular flexibility index (Phi) is 5.81. The maximum absolute atomic E-state index is 13.1. The lowest BCUT2D eigenvalue weighted by molar-refractivity contribution is -0.131. The average molecular weight is 477 g/mol. The van der Waals surface area contributed by atoms with Crippen LogP contribution in [-0.2, 0) is 24.2 Å². The molecule has 0 unspecified atom stereocenters. The Bertz CT molecular complexity index is 1080. The zero-order chi connectivity index (χ0) is 24.0. The van der Waals surface area contributed by atoms with Gasteiger partial charge in [-0.2, -0.15) is 0 Å². The summed E-state index contributed by atoms with van der Waals surface area (Å²) in [5.74, 6) is 5.25. The van der Waals surface area contributed by atoms with Crippen molar-refractivity contribution in [1.82, 2.24) is 14.9 Å². The Morgan fingerprint density at radius 3 is 2.46 bits per heavy atom. The maximum atomic E-state index is 13.1. The van der Waals surface area contributed by atoms with E-state index in [1.807, 2.05) is 23.1 Å². The fourth-order valence-corrected chi connectivity index (χ4v) is 7.77. The van der Waals surface area contributed by atoms with Crippen LogP contribution in [0.5, 0.6) is 11.5 Å². The van der Waals surface area contributed by atoms with Crippen LogP contribution < -0.4 is 14.8 Å². The van der Waals surface area contributed by atoms with Crippen molar-refractivity contribution in [3.63, 3.8) is 0 Å². The Morgan fingerprint density at radius 1 is 1.06 bits per heavy atom. The highest BCUT2D eigenvalue weighted by molar-refractivity contribution is 5.79. The van der Waals surface area contributed by atoms with Gasteiger partial charge in [-0.25, -0.2) is 9.97 Å². The summed E-state index contributed by atoms with van der Waals surface area (Å²) in [4.78, 5) is 24.2. The predicted molar refractivity (Wildman–Crippen MR) is 133 cm³/mol. The van der Waals surface area contributed by atoms with Crippen LogP contribution in [0.1, 0.15) is 55.3 Å². The van der Waals surface area contributed by atoms with Gasteiger partial charge in [0, 0.05) is 18.7 Å². The van der Waals surface area contributed by atoms with Crippen molar-refractivity contribution in [3.8, 4) is 11.5 Å². The molecule has 4 fully saturated rings. The van der Waals surface area contributed by atoms with Crippen molar-refractivity contribution >= 4 is 11.7 Å². The van der Waals surface area contributed by atoms with Crippen LogP contribution in [-0.4, -0.2) is 48.1 Å². The molecule has 4 bridgehead atoms. The average Bonchev–Trinajstić information content (AvgIpc) is 2.86. The van der Waals surface area contributed by atoms with Gasteiger partial charge >= 0.3 is 0 Å². The third-order valence-electron chi connectivity index (χ3n) is 8.96. The molecule has 2 aromatic rings. The first-order valence-corrected chi connectivity index (χ1v) is 13.1. The Morgan fingerprint density at radius 2 is 1.77 bits per heavy atom. The SMILES string of the molecule is COc1ccc(CC(=O)N2CCc3c(ncnc3NCC34CC5CC(CC(C5)C3)C4)C2)cc1OC. The van der Waals surface area contributed by atoms with Crippen LogP contribution in [0.3, 0.4) is 0 Å². The minimum absolute atomic E-state index is 0.101. The monoisotopic (exact) mass is 476 g/mol. The predicted octanol–water partition coefficient (Wildman–Crippen LogP) is 4.25. The van der Waals surface area contributed by atoms with E-state index in [0.29, 0.717) is 36.4 Å². The van der Waals surface area contributed by atoms with Crippen molar-refractivity contribution in [2.45, 2.75) is 57.9 Å². The molecule has 1 aromatic heterocycles. The van der Waals surface area contributed by atoms with Gasteiger partial charge in [-0.3, -0.25) is 4.79 Å². The largest absolute Gasteiger partial charge is 0.493 e. The molecule has 1 aromatic carbocycles. The zero-order valence-electron chi connectivity index (χ0n) is 20.9. The Hall–Kier alpha value is -2.83. The van der Waals surface area contributed by atoms with Crippen LogP contribution in [0.25, 0.3) is 0 Å². The first kappa shape index (κ1) is 22.6. The number of carbonyl (C=O) groups excluding carboxylic acids is 1. The van der Waals surface area contributed by atoms with E-state index in [1.165, 1.54) is 44.1 Å². The number of hydrogen-bond donors (Lipinski definition) is 1. The van der Waals surface area contributed by atoms with Gasteiger partial charge in [-0.15, -0.1) is 0 Å². The summed E-state index contributed by atoms with van der Waals surface area (Å²) in [6.07, 6.45) is 11.3. The van der Waals surface area contributed by atoms with Gasteiger partial charge in [0.2, 0.25) is 5.91 Å². The van der Waals surface area contributed by atoms with Crippen molar-refractivity contribution in [3.05, 3.63) is 41.3 Å². The molecule has 35 heavy (non-hydrogen) atoms. The molecule has 0 spiro atoms. The summed E-state index contributed by atoms with van der Waals surface area (Å²) in [5.41, 5.74) is 3.54. The van der Waals surface area contributed by atoms with Gasteiger partial charge in [0.05, 0.1) is 32.9 Å². The molecular formula is C28H36N4O3. The van der Waals surface area contributed by atoms with Crippen molar-refractivity contribution in [2.75, 3.05) is 32.6 Å². The molecule has 4 saturated carbocycles. The third kappa shape index (κ3) is 4.34. The number of nitrogens with one attached hydrogen (secondary N) is 1. The number of hydrogen-bond acceptors (Lipinski definition) is 6. The molecule has 7 nitrogen and oxygen atoms in total. The number of amides is 1. The van der Waals surface area contributed by atoms with Gasteiger partial charge in [0.15, 0.2) is 11.5 Å². The fourth-order valence-electron chi connectivity index (χ4n) is 7.77. The Balaban J connectivity index is 1.11. The van der Waals surface area contributed by atoms with E-state index in [4.69, 9.17) is 9.47 Å². The van der Waals surface area contributed by atoms with Crippen molar-refractivity contribution < 1.29 is 14.3 Å². The molecule has 0 atom stereocenters. The van der Waals surface area contributed by atoms with E-state index in [1.54, 1.807) is 20.5 Å². The van der Waals surface area contributed by atoms with Crippen LogP contribution in [0.15, 0.2) is 24.5 Å². The first-order valence-electron chi connectivity index (χ1n) is 13.1. The second-order valence-corrected chi connectivity index (χ2v) is 11.4. The molecule has 4 aliphatic carbocycles. The fraction of sp³-hybridized carbons (Fsp3) is 0.607. The molecule has 5 aliphatic rings. The molecule has 2 heterocycles. The summed E-state index contributed by atoms with van der Waals surface area (Å²) in [6.45, 7) is 2.26. The number of carbonyl (C=O) groups is 1. The lowest BCUT2D eigenvalue weighted by atomic mass is 9.49. The quantitative estimate of drug-likeness (QED) is 0.644. The normalized spacial score (nSPS) is 28.5. The van der Waals surface area contributed by atoms with Crippen LogP contribution in [0.4, 0.5) is 5.82 Å². The van der Waals surface area contributed by atoms with Gasteiger partial charge in [-0.05, 0) is 85.8 Å². The lowest BCUT2D eigenvalue weighted by Crippen LogP contribution is -2.49. The minimum Gasteiger partial charge on any atom is -0.493 e.